The number of benzene rings is 1. The highest BCUT2D eigenvalue weighted by molar-refractivity contribution is 7.18. The molecule has 0 bridgehead atoms. The number of fused-ring (bicyclic) bond motifs is 1. The maximum atomic E-state index is 11.2. The van der Waals surface area contributed by atoms with Crippen molar-refractivity contribution in [3.05, 3.63) is 22.7 Å². The summed E-state index contributed by atoms with van der Waals surface area (Å²) < 4.78 is 0.967. The topological polar surface area (TPSA) is 53.4 Å². The van der Waals surface area contributed by atoms with Gasteiger partial charge in [0.1, 0.15) is 5.52 Å². The molecule has 0 atom stereocenters. The van der Waals surface area contributed by atoms with Crippen LogP contribution in [0.1, 0.15) is 28.2 Å². The molecule has 0 spiro atoms. The first-order chi connectivity index (χ1) is 8.65. The second kappa shape index (κ2) is 4.24. The van der Waals surface area contributed by atoms with E-state index in [1.165, 1.54) is 12.8 Å². The molecule has 0 amide bonds. The molecule has 1 aliphatic rings. The second-order valence-electron chi connectivity index (χ2n) is 4.57. The Bertz CT molecular complexity index is 615. The molecule has 1 aliphatic heterocycles. The number of carboxylic acids is 1. The molecule has 1 saturated heterocycles. The maximum absolute atomic E-state index is 11.2. The lowest BCUT2D eigenvalue weighted by atomic mass is 10.1. The Hall–Kier alpha value is -1.62. The van der Waals surface area contributed by atoms with E-state index in [2.05, 4.69) is 9.88 Å². The number of thiazole rings is 1. The lowest BCUT2D eigenvalue weighted by Gasteiger charge is -2.18. The van der Waals surface area contributed by atoms with Crippen molar-refractivity contribution in [2.45, 2.75) is 19.8 Å². The van der Waals surface area contributed by atoms with Crippen molar-refractivity contribution in [3.8, 4) is 0 Å². The molecule has 3 rings (SSSR count). The first kappa shape index (κ1) is 11.5. The molecule has 0 aliphatic carbocycles. The van der Waals surface area contributed by atoms with Crippen molar-refractivity contribution in [1.82, 2.24) is 4.98 Å². The molecule has 2 heterocycles. The standard InChI is InChI=1S/C13H14N2O2S/c1-8-14-12-10(15-4-2-3-5-15)6-9(13(16)17)7-11(12)18-8/h6-7H,2-5H2,1H3,(H,16,17). The van der Waals surface area contributed by atoms with Crippen molar-refractivity contribution in [2.24, 2.45) is 0 Å². The van der Waals surface area contributed by atoms with Gasteiger partial charge in [-0.05, 0) is 31.9 Å². The fourth-order valence-electron chi connectivity index (χ4n) is 2.45. The minimum absolute atomic E-state index is 0.355. The van der Waals surface area contributed by atoms with Crippen molar-refractivity contribution in [1.29, 1.82) is 0 Å². The van der Waals surface area contributed by atoms with Crippen LogP contribution >= 0.6 is 11.3 Å². The Morgan fingerprint density at radius 2 is 2.11 bits per heavy atom. The molecule has 2 aromatic rings. The fraction of sp³-hybridized carbons (Fsp3) is 0.385. The largest absolute Gasteiger partial charge is 0.478 e. The molecular formula is C13H14N2O2S. The zero-order valence-corrected chi connectivity index (χ0v) is 11.0. The van der Waals surface area contributed by atoms with Gasteiger partial charge in [0, 0.05) is 13.1 Å². The second-order valence-corrected chi connectivity index (χ2v) is 5.81. The molecule has 1 aromatic carbocycles. The van der Waals surface area contributed by atoms with E-state index in [-0.39, 0.29) is 0 Å². The van der Waals surface area contributed by atoms with Gasteiger partial charge in [0.15, 0.2) is 0 Å². The van der Waals surface area contributed by atoms with Gasteiger partial charge in [-0.3, -0.25) is 0 Å². The van der Waals surface area contributed by atoms with E-state index in [0.717, 1.165) is 34.0 Å². The summed E-state index contributed by atoms with van der Waals surface area (Å²) in [6, 6.07) is 3.48. The lowest BCUT2D eigenvalue weighted by molar-refractivity contribution is 0.0697. The van der Waals surface area contributed by atoms with Gasteiger partial charge in [0.2, 0.25) is 0 Å². The molecule has 0 unspecified atom stereocenters. The average molecular weight is 262 g/mol. The van der Waals surface area contributed by atoms with E-state index < -0.39 is 5.97 Å². The summed E-state index contributed by atoms with van der Waals surface area (Å²) in [5.41, 5.74) is 2.28. The minimum atomic E-state index is -0.872. The van der Waals surface area contributed by atoms with Gasteiger partial charge in [0.05, 0.1) is 21.0 Å². The van der Waals surface area contributed by atoms with Crippen molar-refractivity contribution >= 4 is 33.2 Å². The van der Waals surface area contributed by atoms with Crippen LogP contribution in [-0.4, -0.2) is 29.1 Å². The highest BCUT2D eigenvalue weighted by atomic mass is 32.1. The van der Waals surface area contributed by atoms with Crippen LogP contribution in [0.2, 0.25) is 0 Å². The molecule has 94 valence electrons. The molecule has 0 saturated carbocycles. The molecule has 1 aromatic heterocycles. The molecule has 5 heteroatoms. The van der Waals surface area contributed by atoms with Gasteiger partial charge < -0.3 is 10.0 Å². The third-order valence-corrected chi connectivity index (χ3v) is 4.19. The summed E-state index contributed by atoms with van der Waals surface area (Å²) in [4.78, 5) is 18.0. The molecule has 18 heavy (non-hydrogen) atoms. The summed E-state index contributed by atoms with van der Waals surface area (Å²) in [6.07, 6.45) is 2.34. The number of anilines is 1. The summed E-state index contributed by atoms with van der Waals surface area (Å²) in [6.45, 7) is 3.95. The predicted molar refractivity (Wildman–Crippen MR) is 72.8 cm³/mol. The SMILES string of the molecule is Cc1nc2c(N3CCCC3)cc(C(=O)O)cc2s1. The van der Waals surface area contributed by atoms with E-state index in [9.17, 15) is 9.90 Å². The van der Waals surface area contributed by atoms with E-state index in [4.69, 9.17) is 0 Å². The number of hydrogen-bond donors (Lipinski definition) is 1. The third kappa shape index (κ3) is 1.84. The van der Waals surface area contributed by atoms with Crippen LogP contribution in [0.15, 0.2) is 12.1 Å². The van der Waals surface area contributed by atoms with Crippen molar-refractivity contribution < 1.29 is 9.90 Å². The summed E-state index contributed by atoms with van der Waals surface area (Å²) in [5.74, 6) is -0.872. The zero-order valence-electron chi connectivity index (χ0n) is 10.1. The normalized spacial score (nSPS) is 15.5. The maximum Gasteiger partial charge on any atom is 0.335 e. The van der Waals surface area contributed by atoms with Gasteiger partial charge in [-0.1, -0.05) is 0 Å². The number of aryl methyl sites for hydroxylation is 1. The van der Waals surface area contributed by atoms with Crippen molar-refractivity contribution in [2.75, 3.05) is 18.0 Å². The Morgan fingerprint density at radius 1 is 1.39 bits per heavy atom. The zero-order chi connectivity index (χ0) is 12.7. The van der Waals surface area contributed by atoms with Crippen LogP contribution in [0.4, 0.5) is 5.69 Å². The summed E-state index contributed by atoms with van der Waals surface area (Å²) in [7, 11) is 0. The van der Waals surface area contributed by atoms with Gasteiger partial charge in [-0.2, -0.15) is 0 Å². The Labute approximate surface area is 109 Å². The number of rotatable bonds is 2. The number of carboxylic acid groups (broad SMARTS) is 1. The van der Waals surface area contributed by atoms with Crippen LogP contribution in [0.3, 0.4) is 0 Å². The van der Waals surface area contributed by atoms with Crippen LogP contribution in [-0.2, 0) is 0 Å². The van der Waals surface area contributed by atoms with Gasteiger partial charge in [-0.25, -0.2) is 9.78 Å². The third-order valence-electron chi connectivity index (χ3n) is 3.28. The Morgan fingerprint density at radius 3 is 2.78 bits per heavy atom. The van der Waals surface area contributed by atoms with Crippen LogP contribution in [0.5, 0.6) is 0 Å². The number of aromatic nitrogens is 1. The monoisotopic (exact) mass is 262 g/mol. The molecule has 4 nitrogen and oxygen atoms in total. The van der Waals surface area contributed by atoms with E-state index in [1.807, 2.05) is 6.92 Å². The molecular weight excluding hydrogens is 248 g/mol. The van der Waals surface area contributed by atoms with E-state index in [1.54, 1.807) is 23.5 Å². The quantitative estimate of drug-likeness (QED) is 0.904. The van der Waals surface area contributed by atoms with Crippen molar-refractivity contribution in [3.63, 3.8) is 0 Å². The molecule has 1 N–H and O–H groups in total. The van der Waals surface area contributed by atoms with E-state index in [0.29, 0.717) is 5.56 Å². The van der Waals surface area contributed by atoms with Crippen LogP contribution < -0.4 is 4.90 Å². The predicted octanol–water partition coefficient (Wildman–Crippen LogP) is 2.90. The van der Waals surface area contributed by atoms with Gasteiger partial charge in [0.25, 0.3) is 0 Å². The van der Waals surface area contributed by atoms with E-state index >= 15 is 0 Å². The number of nitrogens with zero attached hydrogens (tertiary/aromatic N) is 2. The van der Waals surface area contributed by atoms with Crippen LogP contribution in [0, 0.1) is 6.92 Å². The highest BCUT2D eigenvalue weighted by Gasteiger charge is 2.19. The van der Waals surface area contributed by atoms with Gasteiger partial charge >= 0.3 is 5.97 Å². The number of hydrogen-bond acceptors (Lipinski definition) is 4. The van der Waals surface area contributed by atoms with Crippen LogP contribution in [0.25, 0.3) is 10.2 Å². The minimum Gasteiger partial charge on any atom is -0.478 e. The Balaban J connectivity index is 2.22. The highest BCUT2D eigenvalue weighted by Crippen LogP contribution is 2.33. The Kier molecular flexibility index (Phi) is 2.70. The molecule has 0 radical (unpaired) electrons. The lowest BCUT2D eigenvalue weighted by Crippen LogP contribution is -2.18. The summed E-state index contributed by atoms with van der Waals surface area (Å²) in [5, 5.41) is 10.2. The molecule has 1 fully saturated rings. The fourth-order valence-corrected chi connectivity index (χ4v) is 3.33. The number of aromatic carboxylic acids is 1. The smallest absolute Gasteiger partial charge is 0.335 e. The first-order valence-corrected chi connectivity index (χ1v) is 6.86. The van der Waals surface area contributed by atoms with Gasteiger partial charge in [-0.15, -0.1) is 11.3 Å². The number of carbonyl (C=O) groups is 1. The summed E-state index contributed by atoms with van der Waals surface area (Å²) >= 11 is 1.56. The average Bonchev–Trinajstić information content (AvgIpc) is 2.94. The first-order valence-electron chi connectivity index (χ1n) is 6.04.